The van der Waals surface area contributed by atoms with E-state index in [2.05, 4.69) is 0 Å². The van der Waals surface area contributed by atoms with Crippen molar-refractivity contribution in [2.45, 2.75) is 44.9 Å². The molecule has 1 saturated heterocycles. The predicted octanol–water partition coefficient (Wildman–Crippen LogP) is 6.12. The van der Waals surface area contributed by atoms with Crippen molar-refractivity contribution in [3.63, 3.8) is 0 Å². The van der Waals surface area contributed by atoms with Crippen molar-refractivity contribution >= 4 is 34.8 Å². The number of amidine groups is 1. The van der Waals surface area contributed by atoms with Crippen LogP contribution in [-0.2, 0) is 0 Å². The number of halogens is 7. The Balaban J connectivity index is 1.71. The summed E-state index contributed by atoms with van der Waals surface area (Å²) in [6.45, 7) is 2.08. The number of rotatable bonds is 7. The number of hydrogen-bond acceptors (Lipinski definition) is 5. The van der Waals surface area contributed by atoms with Gasteiger partial charge in [0.05, 0.1) is 54.1 Å². The monoisotopic (exact) mass is 633 g/mol. The molecule has 3 atom stereocenters. The quantitative estimate of drug-likeness (QED) is 0.164. The maximum absolute atomic E-state index is 13.4. The second-order valence-electron chi connectivity index (χ2n) is 8.41. The molecule has 0 saturated carbocycles. The predicted molar refractivity (Wildman–Crippen MR) is 129 cm³/mol. The van der Waals surface area contributed by atoms with Crippen LogP contribution in [0.4, 0.5) is 26.3 Å². The maximum Gasteiger partial charge on any atom is 0.395 e. The zero-order valence-corrected chi connectivity index (χ0v) is 21.6. The topological polar surface area (TPSA) is 69.0 Å². The maximum atomic E-state index is 13.4. The summed E-state index contributed by atoms with van der Waals surface area (Å²) < 4.78 is 91.7. The molecule has 0 aromatic heterocycles. The molecule has 1 fully saturated rings. The van der Waals surface area contributed by atoms with Crippen LogP contribution in [-0.4, -0.2) is 57.9 Å². The summed E-state index contributed by atoms with van der Waals surface area (Å²) in [5.41, 5.74) is 1.00. The standard InChI is InChI=1S/C23H26F6IN3O3/c1-3-32-20(31)17(33(30)21(32)34)10-13-4-7-18(19(11-13)35-2)36-9-8-14-5-6-15(22(24,25)26)12-16(14)23(27,28)29/h4-5,7,10-11,15-16,21,31,34H,3,6,8-9,12H2,1-2H3/b17-10-,31-20?. The largest absolute Gasteiger partial charge is 0.493 e. The number of nitrogens with one attached hydrogen (secondary N) is 1. The summed E-state index contributed by atoms with van der Waals surface area (Å²) in [6, 6.07) is 4.84. The van der Waals surface area contributed by atoms with Crippen LogP contribution >= 0.6 is 22.9 Å². The average molecular weight is 633 g/mol. The third-order valence-corrected chi connectivity index (χ3v) is 7.23. The lowest BCUT2D eigenvalue weighted by Gasteiger charge is -2.32. The Morgan fingerprint density at radius 3 is 2.42 bits per heavy atom. The molecule has 0 amide bonds. The number of benzene rings is 1. The van der Waals surface area contributed by atoms with Crippen LogP contribution in [0.5, 0.6) is 11.5 Å². The Morgan fingerprint density at radius 1 is 1.17 bits per heavy atom. The number of hydrogen-bond donors (Lipinski definition) is 2. The Labute approximate surface area is 218 Å². The van der Waals surface area contributed by atoms with Gasteiger partial charge in [-0.2, -0.15) is 26.3 Å². The minimum atomic E-state index is -4.77. The van der Waals surface area contributed by atoms with Gasteiger partial charge in [0.2, 0.25) is 6.35 Å². The molecule has 2 N–H and O–H groups in total. The number of ether oxygens (including phenoxy) is 2. The third kappa shape index (κ3) is 6.21. The number of aliphatic hydroxyl groups excluding tert-OH is 1. The third-order valence-electron chi connectivity index (χ3n) is 6.21. The smallest absolute Gasteiger partial charge is 0.395 e. The number of allylic oxidation sites excluding steroid dienone is 1. The van der Waals surface area contributed by atoms with Crippen molar-refractivity contribution < 1.29 is 40.9 Å². The second-order valence-corrected chi connectivity index (χ2v) is 9.45. The first-order valence-corrected chi connectivity index (χ1v) is 12.1. The lowest BCUT2D eigenvalue weighted by atomic mass is 9.79. The van der Waals surface area contributed by atoms with E-state index in [1.165, 1.54) is 15.1 Å². The summed E-state index contributed by atoms with van der Waals surface area (Å²) in [5, 5.41) is 18.5. The molecular formula is C23H26F6IN3O3. The molecule has 200 valence electrons. The van der Waals surface area contributed by atoms with E-state index < -0.39 is 43.4 Å². The molecule has 1 heterocycles. The van der Waals surface area contributed by atoms with E-state index in [9.17, 15) is 31.4 Å². The van der Waals surface area contributed by atoms with Gasteiger partial charge in [0.15, 0.2) is 11.5 Å². The molecule has 1 aromatic carbocycles. The first-order chi connectivity index (χ1) is 16.8. The van der Waals surface area contributed by atoms with Gasteiger partial charge in [-0.15, -0.1) is 0 Å². The minimum absolute atomic E-state index is 0.107. The van der Waals surface area contributed by atoms with Gasteiger partial charge in [0.25, 0.3) is 0 Å². The van der Waals surface area contributed by atoms with E-state index in [4.69, 9.17) is 14.9 Å². The summed E-state index contributed by atoms with van der Waals surface area (Å²) in [4.78, 5) is 1.50. The highest BCUT2D eigenvalue weighted by atomic mass is 127. The van der Waals surface area contributed by atoms with E-state index in [0.717, 1.165) is 6.08 Å². The molecule has 3 rings (SSSR count). The van der Waals surface area contributed by atoms with Gasteiger partial charge >= 0.3 is 12.4 Å². The molecule has 3 unspecified atom stereocenters. The molecule has 13 heteroatoms. The van der Waals surface area contributed by atoms with Crippen molar-refractivity contribution in [3.05, 3.63) is 41.1 Å². The summed E-state index contributed by atoms with van der Waals surface area (Å²) in [5.74, 6) is -3.47. The highest BCUT2D eigenvalue weighted by molar-refractivity contribution is 14.1. The zero-order chi connectivity index (χ0) is 26.8. The zero-order valence-electron chi connectivity index (χ0n) is 19.5. The van der Waals surface area contributed by atoms with E-state index in [-0.39, 0.29) is 30.2 Å². The van der Waals surface area contributed by atoms with Gasteiger partial charge in [-0.25, -0.2) is 0 Å². The number of methoxy groups -OCH3 is 1. The Morgan fingerprint density at radius 2 is 1.86 bits per heavy atom. The number of nitrogens with zero attached hydrogens (tertiary/aromatic N) is 2. The molecule has 6 nitrogen and oxygen atoms in total. The van der Waals surface area contributed by atoms with Crippen LogP contribution in [0.2, 0.25) is 0 Å². The van der Waals surface area contributed by atoms with E-state index >= 15 is 0 Å². The minimum Gasteiger partial charge on any atom is -0.493 e. The SMILES string of the molecule is CCN1C(=N)/C(=C/c2ccc(OCCC3=CCC(C(F)(F)F)CC3C(F)(F)F)c(OC)c2)N(I)C1O. The Bertz CT molecular complexity index is 1030. The molecular weight excluding hydrogens is 607 g/mol. The normalized spacial score (nSPS) is 24.4. The van der Waals surface area contributed by atoms with Crippen molar-refractivity contribution in [3.8, 4) is 11.5 Å². The second kappa shape index (κ2) is 11.1. The molecule has 0 radical (unpaired) electrons. The molecule has 0 spiro atoms. The van der Waals surface area contributed by atoms with E-state index in [0.29, 0.717) is 23.6 Å². The van der Waals surface area contributed by atoms with Crippen molar-refractivity contribution in [1.29, 1.82) is 5.41 Å². The van der Waals surface area contributed by atoms with Crippen molar-refractivity contribution in [1.82, 2.24) is 8.01 Å². The first-order valence-electron chi connectivity index (χ1n) is 11.1. The van der Waals surface area contributed by atoms with Gasteiger partial charge in [0, 0.05) is 13.0 Å². The van der Waals surface area contributed by atoms with Crippen LogP contribution in [0, 0.1) is 17.2 Å². The fourth-order valence-corrected chi connectivity index (χ4v) is 4.92. The van der Waals surface area contributed by atoms with Crippen LogP contribution < -0.4 is 9.47 Å². The molecule has 1 aliphatic carbocycles. The molecule has 0 bridgehead atoms. The van der Waals surface area contributed by atoms with Crippen LogP contribution in [0.15, 0.2) is 35.5 Å². The van der Waals surface area contributed by atoms with Crippen LogP contribution in [0.1, 0.15) is 31.7 Å². The molecule has 36 heavy (non-hydrogen) atoms. The summed E-state index contributed by atoms with van der Waals surface area (Å²) in [7, 11) is 1.39. The average Bonchev–Trinajstić information content (AvgIpc) is 3.01. The van der Waals surface area contributed by atoms with Gasteiger partial charge in [-0.3, -0.25) is 8.52 Å². The fraction of sp³-hybridized carbons (Fsp3) is 0.522. The van der Waals surface area contributed by atoms with Gasteiger partial charge < -0.3 is 19.5 Å². The molecule has 1 aromatic rings. The van der Waals surface area contributed by atoms with Crippen LogP contribution in [0.25, 0.3) is 6.08 Å². The molecule has 1 aliphatic heterocycles. The summed E-state index contributed by atoms with van der Waals surface area (Å²) >= 11 is 1.91. The number of aliphatic hydroxyl groups is 1. The number of alkyl halides is 6. The van der Waals surface area contributed by atoms with Crippen LogP contribution in [0.3, 0.4) is 0 Å². The molecule has 2 aliphatic rings. The summed E-state index contributed by atoms with van der Waals surface area (Å²) in [6.07, 6.45) is -9.37. The first kappa shape index (κ1) is 28.4. The highest BCUT2D eigenvalue weighted by Crippen LogP contribution is 2.46. The van der Waals surface area contributed by atoms with Gasteiger partial charge in [0.1, 0.15) is 5.84 Å². The Kier molecular flexibility index (Phi) is 8.74. The van der Waals surface area contributed by atoms with Crippen molar-refractivity contribution in [2.24, 2.45) is 11.8 Å². The lowest BCUT2D eigenvalue weighted by molar-refractivity contribution is -0.206. The van der Waals surface area contributed by atoms with E-state index in [1.807, 2.05) is 29.8 Å². The Hall–Kier alpha value is -2.16. The lowest BCUT2D eigenvalue weighted by Crippen LogP contribution is -2.35. The van der Waals surface area contributed by atoms with Gasteiger partial charge in [-0.05, 0) is 43.5 Å². The number of likely N-dealkylation sites (N-methyl/N-ethyl adjacent to an activating group) is 1. The fourth-order valence-electron chi connectivity index (χ4n) is 4.25. The van der Waals surface area contributed by atoms with Gasteiger partial charge in [-0.1, -0.05) is 17.7 Å². The van der Waals surface area contributed by atoms with E-state index in [1.54, 1.807) is 24.3 Å². The van der Waals surface area contributed by atoms with Crippen molar-refractivity contribution in [2.75, 3.05) is 20.3 Å². The highest BCUT2D eigenvalue weighted by Gasteiger charge is 2.50.